The van der Waals surface area contributed by atoms with Gasteiger partial charge in [-0.05, 0) is 42.5 Å². The monoisotopic (exact) mass is 417 g/mol. The Morgan fingerprint density at radius 1 is 1.19 bits per heavy atom. The van der Waals surface area contributed by atoms with Crippen LogP contribution in [0.3, 0.4) is 0 Å². The molecular formula is C18H22ClF2N3O2S. The summed E-state index contributed by atoms with van der Waals surface area (Å²) in [6.07, 6.45) is 1.92. The number of benzene rings is 1. The molecule has 0 aliphatic heterocycles. The SMILES string of the molecule is Cl.NCC(F)(F)CNC(=O)c1cccc(NC(=O)CCCc2cccs2)c1. The van der Waals surface area contributed by atoms with Gasteiger partial charge < -0.3 is 16.4 Å². The van der Waals surface area contributed by atoms with Crippen molar-refractivity contribution in [1.82, 2.24) is 5.32 Å². The van der Waals surface area contributed by atoms with Gasteiger partial charge in [0.05, 0.1) is 13.1 Å². The van der Waals surface area contributed by atoms with Crippen LogP contribution in [0.1, 0.15) is 28.1 Å². The number of aryl methyl sites for hydroxylation is 1. The molecule has 1 aromatic heterocycles. The predicted molar refractivity (Wildman–Crippen MR) is 106 cm³/mol. The van der Waals surface area contributed by atoms with Gasteiger partial charge in [0, 0.05) is 22.5 Å². The highest BCUT2D eigenvalue weighted by Gasteiger charge is 2.27. The van der Waals surface area contributed by atoms with Crippen LogP contribution in [0.25, 0.3) is 0 Å². The Morgan fingerprint density at radius 3 is 2.63 bits per heavy atom. The lowest BCUT2D eigenvalue weighted by atomic mass is 10.1. The van der Waals surface area contributed by atoms with Crippen molar-refractivity contribution in [2.75, 3.05) is 18.4 Å². The number of nitrogens with two attached hydrogens (primary N) is 1. The molecule has 0 aliphatic rings. The molecule has 0 saturated carbocycles. The second-order valence-electron chi connectivity index (χ2n) is 5.80. The van der Waals surface area contributed by atoms with Gasteiger partial charge in [0.25, 0.3) is 11.8 Å². The molecule has 148 valence electrons. The van der Waals surface area contributed by atoms with Crippen LogP contribution in [0.5, 0.6) is 0 Å². The van der Waals surface area contributed by atoms with Gasteiger partial charge in [-0.25, -0.2) is 8.78 Å². The number of rotatable bonds is 9. The molecule has 9 heteroatoms. The van der Waals surface area contributed by atoms with Crippen molar-refractivity contribution in [3.8, 4) is 0 Å². The van der Waals surface area contributed by atoms with Gasteiger partial charge in [0.1, 0.15) is 0 Å². The number of nitrogens with one attached hydrogen (secondary N) is 2. The van der Waals surface area contributed by atoms with Gasteiger partial charge in [-0.2, -0.15) is 0 Å². The van der Waals surface area contributed by atoms with E-state index in [1.165, 1.54) is 17.0 Å². The molecule has 4 N–H and O–H groups in total. The highest BCUT2D eigenvalue weighted by atomic mass is 35.5. The van der Waals surface area contributed by atoms with Gasteiger partial charge in [-0.15, -0.1) is 23.7 Å². The first-order valence-corrected chi connectivity index (χ1v) is 9.06. The summed E-state index contributed by atoms with van der Waals surface area (Å²) in [5.41, 5.74) is 5.57. The van der Waals surface area contributed by atoms with Gasteiger partial charge in [-0.3, -0.25) is 9.59 Å². The summed E-state index contributed by atoms with van der Waals surface area (Å²) >= 11 is 1.65. The topological polar surface area (TPSA) is 84.2 Å². The molecule has 0 atom stereocenters. The molecule has 0 saturated heterocycles. The predicted octanol–water partition coefficient (Wildman–Crippen LogP) is 3.46. The molecule has 0 spiro atoms. The van der Waals surface area contributed by atoms with Crippen LogP contribution in [0.2, 0.25) is 0 Å². The minimum absolute atomic E-state index is 0. The van der Waals surface area contributed by atoms with Crippen LogP contribution in [-0.2, 0) is 11.2 Å². The molecule has 0 radical (unpaired) electrons. The average Bonchev–Trinajstić information content (AvgIpc) is 3.13. The first kappa shape index (κ1) is 23.0. The van der Waals surface area contributed by atoms with Crippen LogP contribution in [-0.4, -0.2) is 30.8 Å². The number of hydrogen-bond donors (Lipinski definition) is 3. The zero-order valence-corrected chi connectivity index (χ0v) is 16.2. The van der Waals surface area contributed by atoms with E-state index in [-0.39, 0.29) is 23.9 Å². The molecule has 1 heterocycles. The van der Waals surface area contributed by atoms with E-state index in [1.54, 1.807) is 23.5 Å². The van der Waals surface area contributed by atoms with Crippen LogP contribution in [0, 0.1) is 0 Å². The summed E-state index contributed by atoms with van der Waals surface area (Å²) in [4.78, 5) is 25.2. The molecule has 0 bridgehead atoms. The molecule has 5 nitrogen and oxygen atoms in total. The zero-order chi connectivity index (χ0) is 19.0. The van der Waals surface area contributed by atoms with Crippen molar-refractivity contribution in [2.24, 2.45) is 5.73 Å². The molecule has 0 unspecified atom stereocenters. The van der Waals surface area contributed by atoms with Gasteiger partial charge in [-0.1, -0.05) is 12.1 Å². The van der Waals surface area contributed by atoms with E-state index < -0.39 is 24.9 Å². The van der Waals surface area contributed by atoms with Crippen molar-refractivity contribution in [1.29, 1.82) is 0 Å². The summed E-state index contributed by atoms with van der Waals surface area (Å²) < 4.78 is 26.2. The molecular weight excluding hydrogens is 396 g/mol. The van der Waals surface area contributed by atoms with E-state index in [1.807, 2.05) is 17.5 Å². The van der Waals surface area contributed by atoms with Gasteiger partial charge in [0.15, 0.2) is 0 Å². The molecule has 27 heavy (non-hydrogen) atoms. The second-order valence-corrected chi connectivity index (χ2v) is 6.84. The van der Waals surface area contributed by atoms with Crippen LogP contribution in [0.4, 0.5) is 14.5 Å². The lowest BCUT2D eigenvalue weighted by Crippen LogP contribution is -2.41. The third-order valence-corrected chi connectivity index (χ3v) is 4.56. The van der Waals surface area contributed by atoms with E-state index in [4.69, 9.17) is 5.73 Å². The van der Waals surface area contributed by atoms with E-state index in [0.29, 0.717) is 12.1 Å². The standard InChI is InChI=1S/C18H21F2N3O2S.ClH/c19-18(20,11-21)12-22-17(25)13-4-1-5-14(10-13)23-16(24)8-2-6-15-7-3-9-26-15;/h1,3-5,7,9-10H,2,6,8,11-12,21H2,(H,22,25)(H,23,24);1H. The molecule has 2 rings (SSSR count). The summed E-state index contributed by atoms with van der Waals surface area (Å²) in [6.45, 7) is -1.67. The summed E-state index contributed by atoms with van der Waals surface area (Å²) in [5.74, 6) is -3.95. The maximum absolute atomic E-state index is 13.1. The lowest BCUT2D eigenvalue weighted by molar-refractivity contribution is -0.116. The smallest absolute Gasteiger partial charge is 0.277 e. The first-order chi connectivity index (χ1) is 12.4. The van der Waals surface area contributed by atoms with Gasteiger partial charge in [0.2, 0.25) is 5.91 Å². The largest absolute Gasteiger partial charge is 0.346 e. The first-order valence-electron chi connectivity index (χ1n) is 8.18. The van der Waals surface area contributed by atoms with E-state index in [9.17, 15) is 18.4 Å². The van der Waals surface area contributed by atoms with E-state index in [2.05, 4.69) is 10.6 Å². The van der Waals surface area contributed by atoms with Crippen molar-refractivity contribution in [2.45, 2.75) is 25.2 Å². The van der Waals surface area contributed by atoms with E-state index in [0.717, 1.165) is 12.8 Å². The fourth-order valence-corrected chi connectivity index (χ4v) is 2.97. The quantitative estimate of drug-likeness (QED) is 0.584. The number of amides is 2. The Balaban J connectivity index is 0.00000364. The number of hydrogen-bond acceptors (Lipinski definition) is 4. The molecule has 2 aromatic rings. The van der Waals surface area contributed by atoms with Crippen molar-refractivity contribution < 1.29 is 18.4 Å². The van der Waals surface area contributed by atoms with Crippen molar-refractivity contribution in [3.63, 3.8) is 0 Å². The van der Waals surface area contributed by atoms with Crippen LogP contribution >= 0.6 is 23.7 Å². The molecule has 1 aromatic carbocycles. The lowest BCUT2D eigenvalue weighted by Gasteiger charge is -2.14. The van der Waals surface area contributed by atoms with Gasteiger partial charge >= 0.3 is 0 Å². The Morgan fingerprint density at radius 2 is 1.96 bits per heavy atom. The Bertz CT molecular complexity index is 742. The van der Waals surface area contributed by atoms with Crippen molar-refractivity contribution >= 4 is 41.2 Å². The van der Waals surface area contributed by atoms with Crippen molar-refractivity contribution in [3.05, 3.63) is 52.2 Å². The number of alkyl halides is 2. The fraction of sp³-hybridized carbons (Fsp3) is 0.333. The average molecular weight is 418 g/mol. The van der Waals surface area contributed by atoms with E-state index >= 15 is 0 Å². The summed E-state index contributed by atoms with van der Waals surface area (Å²) in [7, 11) is 0. The third kappa shape index (κ3) is 8.03. The summed E-state index contributed by atoms with van der Waals surface area (Å²) in [5, 5.41) is 6.85. The summed E-state index contributed by atoms with van der Waals surface area (Å²) in [6, 6.07) is 10.2. The highest BCUT2D eigenvalue weighted by Crippen LogP contribution is 2.15. The third-order valence-electron chi connectivity index (χ3n) is 3.62. The normalized spacial score (nSPS) is 10.8. The number of anilines is 1. The maximum Gasteiger partial charge on any atom is 0.277 e. The fourth-order valence-electron chi connectivity index (χ4n) is 2.22. The minimum atomic E-state index is -3.15. The van der Waals surface area contributed by atoms with Crippen LogP contribution < -0.4 is 16.4 Å². The Hall–Kier alpha value is -2.03. The minimum Gasteiger partial charge on any atom is -0.346 e. The molecule has 2 amide bonds. The van der Waals surface area contributed by atoms with Crippen LogP contribution in [0.15, 0.2) is 41.8 Å². The maximum atomic E-state index is 13.1. The zero-order valence-electron chi connectivity index (χ0n) is 14.5. The Labute approximate surface area is 166 Å². The number of thiophene rings is 1. The molecule has 0 aliphatic carbocycles. The second kappa shape index (κ2) is 11.0. The number of carbonyl (C=O) groups is 2. The molecule has 0 fully saturated rings. The number of carbonyl (C=O) groups excluding carboxylic acids is 2. The highest BCUT2D eigenvalue weighted by molar-refractivity contribution is 7.09. The number of halogens is 3. The Kier molecular flexibility index (Phi) is 9.34.